The molecule has 0 unspecified atom stereocenters. The first-order valence-electron chi connectivity index (χ1n) is 9.25. The van der Waals surface area contributed by atoms with Gasteiger partial charge >= 0.3 is 5.97 Å². The molecule has 150 valence electrons. The van der Waals surface area contributed by atoms with Gasteiger partial charge in [-0.1, -0.05) is 35.9 Å². The Hall–Kier alpha value is -3.71. The first-order chi connectivity index (χ1) is 14.6. The van der Waals surface area contributed by atoms with E-state index in [1.54, 1.807) is 31.2 Å². The molecule has 1 N–H and O–H groups in total. The summed E-state index contributed by atoms with van der Waals surface area (Å²) in [5.41, 5.74) is 1.23. The summed E-state index contributed by atoms with van der Waals surface area (Å²) in [6.45, 7) is 1.90. The largest absolute Gasteiger partial charge is 0.462 e. The van der Waals surface area contributed by atoms with E-state index in [-0.39, 0.29) is 18.0 Å². The number of amides is 1. The molecule has 1 amide bonds. The number of hydrogen-bond acceptors (Lipinski definition) is 5. The van der Waals surface area contributed by atoms with Crippen molar-refractivity contribution in [2.24, 2.45) is 0 Å². The normalized spacial score (nSPS) is 10.7. The molecule has 2 heterocycles. The van der Waals surface area contributed by atoms with E-state index in [0.717, 1.165) is 10.9 Å². The topological polar surface area (TPSA) is 86.1 Å². The average molecular weight is 421 g/mol. The number of carbonyl (C=O) groups excluding carboxylic acids is 2. The Bertz CT molecular complexity index is 1250. The van der Waals surface area contributed by atoms with Crippen LogP contribution in [0.4, 0.5) is 5.82 Å². The Balaban J connectivity index is 1.78. The highest BCUT2D eigenvalue weighted by atomic mass is 35.5. The van der Waals surface area contributed by atoms with Crippen LogP contribution >= 0.6 is 11.6 Å². The van der Waals surface area contributed by atoms with E-state index in [4.69, 9.17) is 16.3 Å². The molecule has 8 heteroatoms. The SMILES string of the molecule is CCOC(=O)c1cnn(-c2ccc3ccccc3n2)c1NC(=O)c1cccc(Cl)c1. The third kappa shape index (κ3) is 3.88. The van der Waals surface area contributed by atoms with Gasteiger partial charge in [-0.15, -0.1) is 0 Å². The third-order valence-electron chi connectivity index (χ3n) is 4.38. The summed E-state index contributed by atoms with van der Waals surface area (Å²) >= 11 is 5.99. The predicted octanol–water partition coefficient (Wildman–Crippen LogP) is 4.50. The maximum atomic E-state index is 12.8. The van der Waals surface area contributed by atoms with Crippen molar-refractivity contribution in [1.82, 2.24) is 14.8 Å². The fourth-order valence-electron chi connectivity index (χ4n) is 2.98. The standard InChI is InChI=1S/C22H17ClN4O3/c1-2-30-22(29)17-13-24-27(19-11-10-14-6-3-4-9-18(14)25-19)20(17)26-21(28)15-7-5-8-16(23)12-15/h3-13H,2H2,1H3,(H,26,28). The van der Waals surface area contributed by atoms with Gasteiger partial charge in [0.15, 0.2) is 11.6 Å². The van der Waals surface area contributed by atoms with E-state index in [1.807, 2.05) is 30.3 Å². The van der Waals surface area contributed by atoms with E-state index >= 15 is 0 Å². The summed E-state index contributed by atoms with van der Waals surface area (Å²) in [7, 11) is 0. The molecular weight excluding hydrogens is 404 g/mol. The molecule has 0 saturated heterocycles. The van der Waals surface area contributed by atoms with Crippen LogP contribution in [0.15, 0.2) is 66.9 Å². The van der Waals surface area contributed by atoms with Crippen molar-refractivity contribution in [1.29, 1.82) is 0 Å². The van der Waals surface area contributed by atoms with Gasteiger partial charge in [0.1, 0.15) is 5.56 Å². The fourth-order valence-corrected chi connectivity index (χ4v) is 3.17. The predicted molar refractivity (Wildman–Crippen MR) is 114 cm³/mol. The van der Waals surface area contributed by atoms with Gasteiger partial charge in [-0.05, 0) is 43.3 Å². The first-order valence-corrected chi connectivity index (χ1v) is 9.63. The molecule has 0 aliphatic rings. The zero-order chi connectivity index (χ0) is 21.1. The lowest BCUT2D eigenvalue weighted by atomic mass is 10.2. The second-order valence-electron chi connectivity index (χ2n) is 6.37. The lowest BCUT2D eigenvalue weighted by Gasteiger charge is -2.11. The van der Waals surface area contributed by atoms with Crippen molar-refractivity contribution in [2.75, 3.05) is 11.9 Å². The summed E-state index contributed by atoms with van der Waals surface area (Å²) in [6.07, 6.45) is 1.35. The maximum Gasteiger partial charge on any atom is 0.343 e. The van der Waals surface area contributed by atoms with Crippen LogP contribution in [0.25, 0.3) is 16.7 Å². The Morgan fingerprint density at radius 3 is 2.73 bits per heavy atom. The van der Waals surface area contributed by atoms with Gasteiger partial charge in [0, 0.05) is 16.0 Å². The monoisotopic (exact) mass is 420 g/mol. The van der Waals surface area contributed by atoms with Crippen LogP contribution < -0.4 is 5.32 Å². The number of benzene rings is 2. The molecule has 0 radical (unpaired) electrons. The number of carbonyl (C=O) groups is 2. The molecule has 7 nitrogen and oxygen atoms in total. The van der Waals surface area contributed by atoms with Crippen LogP contribution in [-0.4, -0.2) is 33.2 Å². The number of aromatic nitrogens is 3. The second-order valence-corrected chi connectivity index (χ2v) is 6.80. The van der Waals surface area contributed by atoms with Crippen molar-refractivity contribution in [3.05, 3.63) is 83.0 Å². The van der Waals surface area contributed by atoms with Crippen LogP contribution in [-0.2, 0) is 4.74 Å². The number of hydrogen-bond donors (Lipinski definition) is 1. The highest BCUT2D eigenvalue weighted by Gasteiger charge is 2.22. The zero-order valence-corrected chi connectivity index (χ0v) is 16.8. The van der Waals surface area contributed by atoms with Gasteiger partial charge in [0.25, 0.3) is 5.91 Å². The summed E-state index contributed by atoms with van der Waals surface area (Å²) in [4.78, 5) is 29.8. The quantitative estimate of drug-likeness (QED) is 0.480. The zero-order valence-electron chi connectivity index (χ0n) is 16.0. The maximum absolute atomic E-state index is 12.8. The van der Waals surface area contributed by atoms with Crippen molar-refractivity contribution >= 4 is 40.2 Å². The molecule has 0 aliphatic carbocycles. The number of para-hydroxylation sites is 1. The van der Waals surface area contributed by atoms with Gasteiger partial charge in [0.2, 0.25) is 0 Å². The summed E-state index contributed by atoms with van der Waals surface area (Å²) in [5, 5.41) is 8.41. The Kier molecular flexibility index (Phi) is 5.45. The Morgan fingerprint density at radius 2 is 1.93 bits per heavy atom. The van der Waals surface area contributed by atoms with Gasteiger partial charge in [-0.2, -0.15) is 9.78 Å². The van der Waals surface area contributed by atoms with Crippen molar-refractivity contribution in [2.45, 2.75) is 6.92 Å². The molecule has 0 bridgehead atoms. The molecule has 0 fully saturated rings. The third-order valence-corrected chi connectivity index (χ3v) is 4.62. The van der Waals surface area contributed by atoms with E-state index in [9.17, 15) is 9.59 Å². The van der Waals surface area contributed by atoms with Crippen molar-refractivity contribution < 1.29 is 14.3 Å². The minimum absolute atomic E-state index is 0.127. The number of anilines is 1. The molecule has 0 aliphatic heterocycles. The number of ether oxygens (including phenoxy) is 1. The number of halogens is 1. The van der Waals surface area contributed by atoms with Crippen molar-refractivity contribution in [3.63, 3.8) is 0 Å². The average Bonchev–Trinajstić information content (AvgIpc) is 3.17. The van der Waals surface area contributed by atoms with E-state index in [0.29, 0.717) is 16.4 Å². The molecule has 0 saturated carbocycles. The summed E-state index contributed by atoms with van der Waals surface area (Å²) in [6, 6.07) is 17.8. The summed E-state index contributed by atoms with van der Waals surface area (Å²) < 4.78 is 6.51. The van der Waals surface area contributed by atoms with E-state index in [2.05, 4.69) is 15.4 Å². The smallest absolute Gasteiger partial charge is 0.343 e. The molecule has 30 heavy (non-hydrogen) atoms. The number of nitrogens with one attached hydrogen (secondary N) is 1. The molecule has 4 rings (SSSR count). The molecule has 0 atom stereocenters. The lowest BCUT2D eigenvalue weighted by Crippen LogP contribution is -2.18. The van der Waals surface area contributed by atoms with Crippen LogP contribution in [0.3, 0.4) is 0 Å². The number of nitrogens with zero attached hydrogens (tertiary/aromatic N) is 3. The van der Waals surface area contributed by atoms with Gasteiger partial charge in [-0.25, -0.2) is 9.78 Å². The molecule has 2 aromatic carbocycles. The Morgan fingerprint density at radius 1 is 1.10 bits per heavy atom. The number of rotatable bonds is 5. The molecular formula is C22H17ClN4O3. The lowest BCUT2D eigenvalue weighted by molar-refractivity contribution is 0.0527. The number of pyridine rings is 1. The van der Waals surface area contributed by atoms with Crippen LogP contribution in [0.1, 0.15) is 27.6 Å². The first kappa shape index (κ1) is 19.6. The highest BCUT2D eigenvalue weighted by Crippen LogP contribution is 2.23. The second kappa shape index (κ2) is 8.34. The van der Waals surface area contributed by atoms with Gasteiger partial charge in [0.05, 0.1) is 18.3 Å². The molecule has 4 aromatic rings. The summed E-state index contributed by atoms with van der Waals surface area (Å²) in [5.74, 6) is -0.414. The van der Waals surface area contributed by atoms with Crippen molar-refractivity contribution in [3.8, 4) is 5.82 Å². The minimum atomic E-state index is -0.592. The minimum Gasteiger partial charge on any atom is -0.462 e. The number of esters is 1. The van der Waals surface area contributed by atoms with Crippen LogP contribution in [0.5, 0.6) is 0 Å². The van der Waals surface area contributed by atoms with Gasteiger partial charge in [-0.3, -0.25) is 4.79 Å². The van der Waals surface area contributed by atoms with Gasteiger partial charge < -0.3 is 10.1 Å². The number of fused-ring (bicyclic) bond motifs is 1. The highest BCUT2D eigenvalue weighted by molar-refractivity contribution is 6.31. The molecule has 2 aromatic heterocycles. The van der Waals surface area contributed by atoms with E-state index in [1.165, 1.54) is 16.9 Å². The van der Waals surface area contributed by atoms with Crippen LogP contribution in [0.2, 0.25) is 5.02 Å². The van der Waals surface area contributed by atoms with Crippen LogP contribution in [0, 0.1) is 0 Å². The van der Waals surface area contributed by atoms with E-state index < -0.39 is 11.9 Å². The fraction of sp³-hybridized carbons (Fsp3) is 0.0909. The Labute approximate surface area is 177 Å². The molecule has 0 spiro atoms.